The summed E-state index contributed by atoms with van der Waals surface area (Å²) in [6.45, 7) is 0.462. The second-order valence-electron chi connectivity index (χ2n) is 6.35. The van der Waals surface area contributed by atoms with E-state index in [2.05, 4.69) is 25.6 Å². The first-order chi connectivity index (χ1) is 15.0. The Labute approximate surface area is 180 Å². The standard InChI is InChI=1S/C20H16N4O6S/c1-28-14-6-3-10(7-15(14)29-2)9-21-19-23-24-20(31-19)22-16(25)11-4-5-12-13(8-11)18(27)30-17(12)26/h3-8H,9H2,1-2H3,(H,21,23)(H,22,24,25). The molecule has 0 fully saturated rings. The molecule has 0 bridgehead atoms. The highest BCUT2D eigenvalue weighted by molar-refractivity contribution is 7.19. The maximum Gasteiger partial charge on any atom is 0.346 e. The first kappa shape index (κ1) is 20.3. The summed E-state index contributed by atoms with van der Waals surface area (Å²) in [4.78, 5) is 35.6. The minimum Gasteiger partial charge on any atom is -0.493 e. The molecule has 10 nitrogen and oxygen atoms in total. The molecule has 1 aliphatic heterocycles. The number of carbonyl (C=O) groups excluding carboxylic acids is 3. The van der Waals surface area contributed by atoms with Crippen LogP contribution in [0.5, 0.6) is 11.5 Å². The highest BCUT2D eigenvalue weighted by atomic mass is 32.1. The summed E-state index contributed by atoms with van der Waals surface area (Å²) in [5, 5.41) is 14.5. The molecular formula is C20H16N4O6S. The zero-order valence-electron chi connectivity index (χ0n) is 16.4. The van der Waals surface area contributed by atoms with Gasteiger partial charge in [-0.3, -0.25) is 10.1 Å². The van der Waals surface area contributed by atoms with Crippen LogP contribution in [0.15, 0.2) is 36.4 Å². The van der Waals surface area contributed by atoms with E-state index in [0.717, 1.165) is 16.9 Å². The normalized spacial score (nSPS) is 12.2. The molecular weight excluding hydrogens is 424 g/mol. The third-order valence-corrected chi connectivity index (χ3v) is 5.24. The fraction of sp³-hybridized carbons (Fsp3) is 0.150. The second kappa shape index (κ2) is 8.40. The van der Waals surface area contributed by atoms with Crippen LogP contribution >= 0.6 is 11.3 Å². The van der Waals surface area contributed by atoms with Crippen molar-refractivity contribution in [3.05, 3.63) is 58.7 Å². The topological polar surface area (TPSA) is 129 Å². The zero-order chi connectivity index (χ0) is 22.0. The molecule has 0 saturated carbocycles. The van der Waals surface area contributed by atoms with Crippen molar-refractivity contribution in [3.63, 3.8) is 0 Å². The van der Waals surface area contributed by atoms with Gasteiger partial charge in [0.15, 0.2) is 11.5 Å². The van der Waals surface area contributed by atoms with E-state index in [-0.39, 0.29) is 21.8 Å². The van der Waals surface area contributed by atoms with Crippen LogP contribution in [-0.2, 0) is 11.3 Å². The third-order valence-electron chi connectivity index (χ3n) is 4.44. The Hall–Kier alpha value is -3.99. The Morgan fingerprint density at radius 3 is 2.48 bits per heavy atom. The summed E-state index contributed by atoms with van der Waals surface area (Å²) >= 11 is 1.15. The zero-order valence-corrected chi connectivity index (χ0v) is 17.2. The van der Waals surface area contributed by atoms with Gasteiger partial charge in [0.05, 0.1) is 25.3 Å². The van der Waals surface area contributed by atoms with Gasteiger partial charge in [-0.05, 0) is 35.9 Å². The fourth-order valence-corrected chi connectivity index (χ4v) is 3.54. The molecule has 1 amide bonds. The predicted octanol–water partition coefficient (Wildman–Crippen LogP) is 2.73. The molecule has 0 atom stereocenters. The van der Waals surface area contributed by atoms with Gasteiger partial charge in [0.2, 0.25) is 10.3 Å². The van der Waals surface area contributed by atoms with Crippen LogP contribution in [0.3, 0.4) is 0 Å². The number of fused-ring (bicyclic) bond motifs is 1. The second-order valence-corrected chi connectivity index (χ2v) is 7.32. The minimum absolute atomic E-state index is 0.0622. The maximum absolute atomic E-state index is 12.5. The number of carbonyl (C=O) groups is 3. The molecule has 1 aliphatic rings. The summed E-state index contributed by atoms with van der Waals surface area (Å²) in [7, 11) is 3.14. The summed E-state index contributed by atoms with van der Waals surface area (Å²) in [6, 6.07) is 9.68. The monoisotopic (exact) mass is 440 g/mol. The number of benzene rings is 2. The van der Waals surface area contributed by atoms with Crippen molar-refractivity contribution in [1.29, 1.82) is 0 Å². The summed E-state index contributed by atoms with van der Waals surface area (Å²) in [5.74, 6) is -0.727. The van der Waals surface area contributed by atoms with Crippen LogP contribution < -0.4 is 20.1 Å². The first-order valence-corrected chi connectivity index (χ1v) is 9.80. The first-order valence-electron chi connectivity index (χ1n) is 8.98. The minimum atomic E-state index is -0.771. The molecule has 0 spiro atoms. The number of methoxy groups -OCH3 is 2. The number of nitrogens with one attached hydrogen (secondary N) is 2. The number of nitrogens with zero attached hydrogens (tertiary/aromatic N) is 2. The molecule has 0 aliphatic carbocycles. The fourth-order valence-electron chi connectivity index (χ4n) is 2.91. The molecule has 0 saturated heterocycles. The van der Waals surface area contributed by atoms with Gasteiger partial charge in [-0.2, -0.15) is 0 Å². The van der Waals surface area contributed by atoms with Crippen molar-refractivity contribution in [2.24, 2.45) is 0 Å². The number of amides is 1. The maximum atomic E-state index is 12.5. The van der Waals surface area contributed by atoms with Crippen molar-refractivity contribution in [2.75, 3.05) is 24.9 Å². The van der Waals surface area contributed by atoms with Crippen LogP contribution in [0.2, 0.25) is 0 Å². The highest BCUT2D eigenvalue weighted by Crippen LogP contribution is 2.28. The van der Waals surface area contributed by atoms with Crippen molar-refractivity contribution in [2.45, 2.75) is 6.54 Å². The van der Waals surface area contributed by atoms with E-state index in [9.17, 15) is 14.4 Å². The van der Waals surface area contributed by atoms with E-state index in [1.165, 1.54) is 18.2 Å². The quantitative estimate of drug-likeness (QED) is 0.421. The van der Waals surface area contributed by atoms with Gasteiger partial charge < -0.3 is 19.5 Å². The van der Waals surface area contributed by atoms with Crippen LogP contribution in [0, 0.1) is 0 Å². The van der Waals surface area contributed by atoms with E-state index < -0.39 is 17.8 Å². The highest BCUT2D eigenvalue weighted by Gasteiger charge is 2.30. The third kappa shape index (κ3) is 4.16. The van der Waals surface area contributed by atoms with Gasteiger partial charge in [-0.15, -0.1) is 10.2 Å². The van der Waals surface area contributed by atoms with E-state index in [0.29, 0.717) is 23.2 Å². The van der Waals surface area contributed by atoms with Crippen LogP contribution in [0.4, 0.5) is 10.3 Å². The van der Waals surface area contributed by atoms with Crippen molar-refractivity contribution in [3.8, 4) is 11.5 Å². The van der Waals surface area contributed by atoms with Gasteiger partial charge in [-0.1, -0.05) is 17.4 Å². The molecule has 4 rings (SSSR count). The Balaban J connectivity index is 1.39. The van der Waals surface area contributed by atoms with E-state index in [4.69, 9.17) is 9.47 Å². The van der Waals surface area contributed by atoms with E-state index in [1.807, 2.05) is 18.2 Å². The molecule has 31 heavy (non-hydrogen) atoms. The molecule has 1 aromatic heterocycles. The Morgan fingerprint density at radius 2 is 1.71 bits per heavy atom. The number of ether oxygens (including phenoxy) is 3. The van der Waals surface area contributed by atoms with Crippen molar-refractivity contribution < 1.29 is 28.6 Å². The molecule has 158 valence electrons. The SMILES string of the molecule is COc1ccc(CNc2nnc(NC(=O)c3ccc4c(c3)C(=O)OC4=O)s2)cc1OC. The molecule has 3 aromatic rings. The largest absolute Gasteiger partial charge is 0.493 e. The predicted molar refractivity (Wildman–Crippen MR) is 111 cm³/mol. The molecule has 2 aromatic carbocycles. The Bertz CT molecular complexity index is 1190. The van der Waals surface area contributed by atoms with Gasteiger partial charge in [-0.25, -0.2) is 9.59 Å². The van der Waals surface area contributed by atoms with Crippen LogP contribution in [0.25, 0.3) is 0 Å². The van der Waals surface area contributed by atoms with Crippen molar-refractivity contribution >= 4 is 39.4 Å². The number of anilines is 2. The lowest BCUT2D eigenvalue weighted by atomic mass is 10.1. The number of esters is 2. The molecule has 11 heteroatoms. The summed E-state index contributed by atoms with van der Waals surface area (Å²) < 4.78 is 15.0. The van der Waals surface area contributed by atoms with Crippen LogP contribution in [-0.4, -0.2) is 42.3 Å². The smallest absolute Gasteiger partial charge is 0.346 e. The Morgan fingerprint density at radius 1 is 0.968 bits per heavy atom. The number of cyclic esters (lactones) is 2. The molecule has 0 unspecified atom stereocenters. The number of hydrogen-bond acceptors (Lipinski definition) is 10. The number of hydrogen-bond donors (Lipinski definition) is 2. The lowest BCUT2D eigenvalue weighted by Gasteiger charge is -2.09. The number of aromatic nitrogens is 2. The molecule has 2 heterocycles. The average Bonchev–Trinajstić information content (AvgIpc) is 3.35. The lowest BCUT2D eigenvalue weighted by molar-refractivity contribution is 0.0443. The van der Waals surface area contributed by atoms with Crippen LogP contribution in [0.1, 0.15) is 36.6 Å². The van der Waals surface area contributed by atoms with Gasteiger partial charge >= 0.3 is 11.9 Å². The van der Waals surface area contributed by atoms with Gasteiger partial charge in [0, 0.05) is 12.1 Å². The van der Waals surface area contributed by atoms with Gasteiger partial charge in [0.25, 0.3) is 5.91 Å². The summed E-state index contributed by atoms with van der Waals surface area (Å²) in [6.07, 6.45) is 0. The molecule has 2 N–H and O–H groups in total. The lowest BCUT2D eigenvalue weighted by Crippen LogP contribution is -2.12. The van der Waals surface area contributed by atoms with Gasteiger partial charge in [0.1, 0.15) is 0 Å². The van der Waals surface area contributed by atoms with E-state index >= 15 is 0 Å². The van der Waals surface area contributed by atoms with Crippen molar-refractivity contribution in [1.82, 2.24) is 10.2 Å². The number of rotatable bonds is 7. The van der Waals surface area contributed by atoms with E-state index in [1.54, 1.807) is 14.2 Å². The molecule has 0 radical (unpaired) electrons. The average molecular weight is 440 g/mol. The Kier molecular flexibility index (Phi) is 5.50. The summed E-state index contributed by atoms with van der Waals surface area (Å²) in [5.41, 5.74) is 1.34.